The van der Waals surface area contributed by atoms with Crippen molar-refractivity contribution in [2.24, 2.45) is 0 Å². The van der Waals surface area contributed by atoms with E-state index in [0.717, 1.165) is 0 Å². The molecule has 0 saturated carbocycles. The molecule has 8 heteroatoms. The fourth-order valence-corrected chi connectivity index (χ4v) is 1.27. The van der Waals surface area contributed by atoms with E-state index in [1.54, 1.807) is 0 Å². The molecule has 0 saturated heterocycles. The monoisotopic (exact) mass is 286 g/mol. The van der Waals surface area contributed by atoms with E-state index in [4.69, 9.17) is 5.11 Å². The number of carboxylic acids is 1. The highest BCUT2D eigenvalue weighted by Gasteiger charge is 2.68. The lowest BCUT2D eigenvalue weighted by molar-refractivity contribution is -0.299. The number of hydrogen-bond donors (Lipinski definition) is 1. The van der Waals surface area contributed by atoms with Crippen LogP contribution in [-0.2, 0) is 5.92 Å². The van der Waals surface area contributed by atoms with Crippen molar-refractivity contribution in [3.8, 4) is 0 Å². The lowest BCUT2D eigenvalue weighted by Gasteiger charge is -2.32. The molecule has 0 bridgehead atoms. The highest BCUT2D eigenvalue weighted by molar-refractivity contribution is 5.87. The van der Waals surface area contributed by atoms with E-state index in [0.29, 0.717) is 24.3 Å². The first-order valence-corrected chi connectivity index (χ1v) is 4.88. The summed E-state index contributed by atoms with van der Waals surface area (Å²) in [7, 11) is 0. The molecule has 1 atom stereocenters. The summed E-state index contributed by atoms with van der Waals surface area (Å²) in [6, 6.07) is 2.26. The maximum absolute atomic E-state index is 13.5. The maximum Gasteiger partial charge on any atom is 0.428 e. The molecule has 0 radical (unpaired) electrons. The zero-order chi connectivity index (χ0) is 15.1. The number of rotatable bonds is 3. The van der Waals surface area contributed by atoms with Crippen molar-refractivity contribution < 1.29 is 36.2 Å². The minimum atomic E-state index is -5.76. The van der Waals surface area contributed by atoms with Crippen LogP contribution >= 0.6 is 0 Å². The number of alkyl halides is 6. The number of carbonyl (C=O) groups is 1. The summed E-state index contributed by atoms with van der Waals surface area (Å²) in [5.74, 6) is -6.27. The fourth-order valence-electron chi connectivity index (χ4n) is 1.27. The molecular formula is C11H8F6O2. The molecule has 2 nitrogen and oxygen atoms in total. The van der Waals surface area contributed by atoms with E-state index < -0.39 is 34.9 Å². The Kier molecular flexibility index (Phi) is 3.57. The van der Waals surface area contributed by atoms with Crippen LogP contribution in [0.15, 0.2) is 24.3 Å². The lowest BCUT2D eigenvalue weighted by Crippen LogP contribution is -2.51. The Hall–Kier alpha value is -1.73. The van der Waals surface area contributed by atoms with E-state index in [1.807, 2.05) is 0 Å². The minimum Gasteiger partial charge on any atom is -0.478 e. The van der Waals surface area contributed by atoms with E-state index in [9.17, 15) is 31.1 Å². The number of hydrogen-bond acceptors (Lipinski definition) is 1. The van der Waals surface area contributed by atoms with Crippen molar-refractivity contribution in [2.45, 2.75) is 24.7 Å². The topological polar surface area (TPSA) is 37.3 Å². The number of benzene rings is 1. The molecule has 1 aromatic carbocycles. The lowest BCUT2D eigenvalue weighted by atomic mass is 9.92. The minimum absolute atomic E-state index is 0.266. The second kappa shape index (κ2) is 4.43. The summed E-state index contributed by atoms with van der Waals surface area (Å²) >= 11 is 0. The van der Waals surface area contributed by atoms with Crippen LogP contribution < -0.4 is 0 Å². The summed E-state index contributed by atoms with van der Waals surface area (Å²) in [5.41, 5.74) is -6.41. The smallest absolute Gasteiger partial charge is 0.428 e. The first-order valence-electron chi connectivity index (χ1n) is 4.88. The van der Waals surface area contributed by atoms with Crippen LogP contribution in [0.1, 0.15) is 22.8 Å². The van der Waals surface area contributed by atoms with Crippen LogP contribution in [0.25, 0.3) is 0 Å². The molecule has 0 aliphatic rings. The van der Waals surface area contributed by atoms with Crippen molar-refractivity contribution in [2.75, 3.05) is 0 Å². The quantitative estimate of drug-likeness (QED) is 0.859. The second-order valence-corrected chi connectivity index (χ2v) is 3.96. The molecule has 1 aromatic rings. The van der Waals surface area contributed by atoms with E-state index in [-0.39, 0.29) is 6.92 Å². The Labute approximate surface area is 103 Å². The van der Waals surface area contributed by atoms with Gasteiger partial charge in [0.25, 0.3) is 5.67 Å². The summed E-state index contributed by atoms with van der Waals surface area (Å²) in [5, 5.41) is 8.53. The van der Waals surface area contributed by atoms with Gasteiger partial charge < -0.3 is 5.11 Å². The predicted molar refractivity (Wildman–Crippen MR) is 52.9 cm³/mol. The van der Waals surface area contributed by atoms with E-state index in [2.05, 4.69) is 0 Å². The van der Waals surface area contributed by atoms with Gasteiger partial charge >= 0.3 is 18.1 Å². The first-order chi connectivity index (χ1) is 8.41. The summed E-state index contributed by atoms with van der Waals surface area (Å²) < 4.78 is 77.2. The van der Waals surface area contributed by atoms with Crippen molar-refractivity contribution in [1.82, 2.24) is 0 Å². The Bertz CT molecular complexity index is 475. The zero-order valence-electron chi connectivity index (χ0n) is 9.43. The number of halogens is 6. The molecule has 0 aliphatic heterocycles. The van der Waals surface area contributed by atoms with Crippen molar-refractivity contribution in [3.63, 3.8) is 0 Å². The highest BCUT2D eigenvalue weighted by atomic mass is 19.4. The molecule has 1 rings (SSSR count). The van der Waals surface area contributed by atoms with Crippen LogP contribution in [0.3, 0.4) is 0 Å². The van der Waals surface area contributed by atoms with Crippen LogP contribution in [0.4, 0.5) is 26.3 Å². The summed E-state index contributed by atoms with van der Waals surface area (Å²) in [6.07, 6.45) is -5.76. The third kappa shape index (κ3) is 2.52. The maximum atomic E-state index is 13.5. The van der Waals surface area contributed by atoms with Crippen LogP contribution in [0, 0.1) is 0 Å². The second-order valence-electron chi connectivity index (χ2n) is 3.96. The van der Waals surface area contributed by atoms with E-state index in [1.165, 1.54) is 0 Å². The van der Waals surface area contributed by atoms with Crippen LogP contribution in [0.2, 0.25) is 0 Å². The summed E-state index contributed by atoms with van der Waals surface area (Å²) in [4.78, 5) is 10.5. The SMILES string of the molecule is CC(F)(C(F)(F)F)C(F)(F)c1ccc(C(=O)O)cc1. The average molecular weight is 286 g/mol. The first kappa shape index (κ1) is 15.3. The molecule has 1 N–H and O–H groups in total. The van der Waals surface area contributed by atoms with Gasteiger partial charge in [0, 0.05) is 5.56 Å². The van der Waals surface area contributed by atoms with Gasteiger partial charge in [0.15, 0.2) is 0 Å². The van der Waals surface area contributed by atoms with Crippen molar-refractivity contribution >= 4 is 5.97 Å². The Morgan fingerprint density at radius 3 is 1.74 bits per heavy atom. The van der Waals surface area contributed by atoms with Crippen LogP contribution in [-0.4, -0.2) is 22.9 Å². The highest BCUT2D eigenvalue weighted by Crippen LogP contribution is 2.50. The van der Waals surface area contributed by atoms with Gasteiger partial charge in [-0.25, -0.2) is 9.18 Å². The van der Waals surface area contributed by atoms with Gasteiger partial charge in [-0.1, -0.05) is 12.1 Å². The summed E-state index contributed by atoms with van der Waals surface area (Å²) in [6.45, 7) is -0.266. The molecule has 1 unspecified atom stereocenters. The van der Waals surface area contributed by atoms with Gasteiger partial charge in [-0.05, 0) is 19.1 Å². The van der Waals surface area contributed by atoms with Gasteiger partial charge in [0.1, 0.15) is 0 Å². The third-order valence-electron chi connectivity index (χ3n) is 2.62. The number of aromatic carboxylic acids is 1. The molecule has 0 amide bonds. The predicted octanol–water partition coefficient (Wildman–Crippen LogP) is 3.77. The molecule has 0 aromatic heterocycles. The molecule has 19 heavy (non-hydrogen) atoms. The van der Waals surface area contributed by atoms with Gasteiger partial charge in [0.05, 0.1) is 5.56 Å². The molecular weight excluding hydrogens is 278 g/mol. The Morgan fingerprint density at radius 2 is 1.42 bits per heavy atom. The average Bonchev–Trinajstić information content (AvgIpc) is 2.27. The third-order valence-corrected chi connectivity index (χ3v) is 2.62. The molecule has 0 fully saturated rings. The largest absolute Gasteiger partial charge is 0.478 e. The molecule has 0 heterocycles. The molecule has 0 spiro atoms. The zero-order valence-corrected chi connectivity index (χ0v) is 9.43. The normalized spacial score (nSPS) is 15.9. The molecule has 0 aliphatic carbocycles. The van der Waals surface area contributed by atoms with Crippen molar-refractivity contribution in [3.05, 3.63) is 35.4 Å². The van der Waals surface area contributed by atoms with Crippen molar-refractivity contribution in [1.29, 1.82) is 0 Å². The van der Waals surface area contributed by atoms with E-state index >= 15 is 0 Å². The Balaban J connectivity index is 3.24. The molecule has 106 valence electrons. The Morgan fingerprint density at radius 1 is 1.00 bits per heavy atom. The van der Waals surface area contributed by atoms with Gasteiger partial charge in [-0.15, -0.1) is 0 Å². The van der Waals surface area contributed by atoms with Crippen LogP contribution in [0.5, 0.6) is 0 Å². The number of carboxylic acid groups (broad SMARTS) is 1. The van der Waals surface area contributed by atoms with Gasteiger partial charge in [-0.3, -0.25) is 0 Å². The fraction of sp³-hybridized carbons (Fsp3) is 0.364. The van der Waals surface area contributed by atoms with Gasteiger partial charge in [0.2, 0.25) is 0 Å². The standard InChI is InChI=1S/C11H8F6O2/c1-9(12,11(15,16)17)10(13,14)7-4-2-6(3-5-7)8(18)19/h2-5H,1H3,(H,18,19). The van der Waals surface area contributed by atoms with Gasteiger partial charge in [-0.2, -0.15) is 22.0 Å².